The molecule has 0 saturated heterocycles. The largest absolute Gasteiger partial charge is 0.418 e. The molecule has 0 fully saturated rings. The Labute approximate surface area is 168 Å². The number of hydrogen-bond donors (Lipinski definition) is 2. The topological polar surface area (TPSA) is 59.0 Å². The SMILES string of the molecule is Cc1nn(Cc2ccc(F)cc2)c(Cl)c1C(=O)NNc1ccccc1C(F)(F)F. The van der Waals surface area contributed by atoms with E-state index < -0.39 is 17.6 Å². The highest BCUT2D eigenvalue weighted by atomic mass is 35.5. The number of aromatic nitrogens is 2. The third-order valence-corrected chi connectivity index (χ3v) is 4.47. The Balaban J connectivity index is 1.77. The molecule has 10 heteroatoms. The number of rotatable bonds is 5. The minimum absolute atomic E-state index is 0.00947. The lowest BCUT2D eigenvalue weighted by atomic mass is 10.2. The lowest BCUT2D eigenvalue weighted by Crippen LogP contribution is -2.31. The number of alkyl halides is 3. The molecule has 2 N–H and O–H groups in total. The molecular weight excluding hydrogens is 412 g/mol. The number of halogens is 5. The predicted octanol–water partition coefficient (Wildman–Crippen LogP) is 4.81. The van der Waals surface area contributed by atoms with Crippen molar-refractivity contribution in [3.8, 4) is 0 Å². The minimum atomic E-state index is -4.58. The van der Waals surface area contributed by atoms with Crippen LogP contribution < -0.4 is 10.9 Å². The number of hydrogen-bond acceptors (Lipinski definition) is 3. The fraction of sp³-hybridized carbons (Fsp3) is 0.158. The van der Waals surface area contributed by atoms with Crippen molar-refractivity contribution in [1.29, 1.82) is 0 Å². The van der Waals surface area contributed by atoms with Crippen LogP contribution >= 0.6 is 11.6 Å². The molecule has 0 saturated carbocycles. The van der Waals surface area contributed by atoms with E-state index in [9.17, 15) is 22.4 Å². The molecule has 0 unspecified atom stereocenters. The van der Waals surface area contributed by atoms with Crippen molar-refractivity contribution in [3.05, 3.63) is 81.9 Å². The quantitative estimate of drug-likeness (QED) is 0.455. The van der Waals surface area contributed by atoms with Crippen molar-refractivity contribution >= 4 is 23.2 Å². The van der Waals surface area contributed by atoms with Crippen LogP contribution in [0, 0.1) is 12.7 Å². The molecule has 29 heavy (non-hydrogen) atoms. The Hall–Kier alpha value is -3.07. The van der Waals surface area contributed by atoms with E-state index >= 15 is 0 Å². The molecule has 5 nitrogen and oxygen atoms in total. The third kappa shape index (κ3) is 4.68. The van der Waals surface area contributed by atoms with E-state index in [4.69, 9.17) is 11.6 Å². The summed E-state index contributed by atoms with van der Waals surface area (Å²) in [6, 6.07) is 10.4. The molecule has 1 heterocycles. The molecule has 1 aromatic heterocycles. The minimum Gasteiger partial charge on any atom is -0.298 e. The maximum absolute atomic E-state index is 13.0. The number of benzene rings is 2. The van der Waals surface area contributed by atoms with Gasteiger partial charge in [0.25, 0.3) is 5.91 Å². The Morgan fingerprint density at radius 2 is 1.79 bits per heavy atom. The number of nitrogens with zero attached hydrogens (tertiary/aromatic N) is 2. The molecule has 0 atom stereocenters. The van der Waals surface area contributed by atoms with Gasteiger partial charge in [-0.2, -0.15) is 18.3 Å². The zero-order valence-electron chi connectivity index (χ0n) is 15.0. The summed E-state index contributed by atoms with van der Waals surface area (Å²) in [5.41, 5.74) is 4.29. The first-order valence-electron chi connectivity index (χ1n) is 8.36. The second-order valence-corrected chi connectivity index (χ2v) is 6.52. The number of carbonyl (C=O) groups excluding carboxylic acids is 1. The summed E-state index contributed by atoms with van der Waals surface area (Å²) < 4.78 is 53.5. The van der Waals surface area contributed by atoms with Gasteiger partial charge in [0.1, 0.15) is 16.5 Å². The summed E-state index contributed by atoms with van der Waals surface area (Å²) >= 11 is 6.25. The zero-order chi connectivity index (χ0) is 21.2. The van der Waals surface area contributed by atoms with Gasteiger partial charge in [-0.15, -0.1) is 0 Å². The third-order valence-electron chi connectivity index (χ3n) is 4.08. The van der Waals surface area contributed by atoms with Gasteiger partial charge in [-0.25, -0.2) is 9.07 Å². The van der Waals surface area contributed by atoms with Gasteiger partial charge in [0, 0.05) is 0 Å². The number of amides is 1. The van der Waals surface area contributed by atoms with Gasteiger partial charge in [-0.05, 0) is 36.8 Å². The Bertz CT molecular complexity index is 1030. The summed E-state index contributed by atoms with van der Waals surface area (Å²) in [5, 5.41) is 4.19. The normalized spacial score (nSPS) is 11.4. The van der Waals surface area contributed by atoms with E-state index in [2.05, 4.69) is 16.0 Å². The molecule has 1 amide bonds. The molecule has 0 radical (unpaired) electrons. The molecule has 3 rings (SSSR count). The van der Waals surface area contributed by atoms with E-state index in [-0.39, 0.29) is 28.8 Å². The molecular formula is C19H15ClF4N4O. The summed E-state index contributed by atoms with van der Waals surface area (Å²) in [5.74, 6) is -1.13. The lowest BCUT2D eigenvalue weighted by Gasteiger charge is -2.14. The Morgan fingerprint density at radius 3 is 2.45 bits per heavy atom. The number of hydrazine groups is 1. The number of nitrogens with one attached hydrogen (secondary N) is 2. The van der Waals surface area contributed by atoms with E-state index in [0.29, 0.717) is 11.3 Å². The Morgan fingerprint density at radius 1 is 1.14 bits per heavy atom. The highest BCUT2D eigenvalue weighted by molar-refractivity contribution is 6.33. The van der Waals surface area contributed by atoms with Crippen LogP contribution in [0.4, 0.5) is 23.2 Å². The number of para-hydroxylation sites is 1. The van der Waals surface area contributed by atoms with Gasteiger partial charge < -0.3 is 0 Å². The van der Waals surface area contributed by atoms with Crippen molar-refractivity contribution in [2.45, 2.75) is 19.6 Å². The van der Waals surface area contributed by atoms with Crippen LogP contribution in [0.5, 0.6) is 0 Å². The predicted molar refractivity (Wildman–Crippen MR) is 100 cm³/mol. The van der Waals surface area contributed by atoms with Crippen LogP contribution in [0.1, 0.15) is 27.2 Å². The summed E-state index contributed by atoms with van der Waals surface area (Å²) in [4.78, 5) is 12.5. The average molecular weight is 427 g/mol. The second-order valence-electron chi connectivity index (χ2n) is 6.16. The van der Waals surface area contributed by atoms with Crippen molar-refractivity contribution in [2.24, 2.45) is 0 Å². The van der Waals surface area contributed by atoms with Gasteiger partial charge in [-0.3, -0.25) is 15.6 Å². The molecule has 0 aliphatic carbocycles. The van der Waals surface area contributed by atoms with Crippen LogP contribution in [0.15, 0.2) is 48.5 Å². The van der Waals surface area contributed by atoms with Crippen LogP contribution in [0.25, 0.3) is 0 Å². The second kappa shape index (κ2) is 8.12. The molecule has 0 aliphatic rings. The van der Waals surface area contributed by atoms with Crippen molar-refractivity contribution < 1.29 is 22.4 Å². The number of carbonyl (C=O) groups is 1. The first-order valence-corrected chi connectivity index (χ1v) is 8.74. The standard InChI is InChI=1S/C19H15ClF4N4O/c1-11-16(17(20)28(27-11)10-12-6-8-13(21)9-7-12)18(29)26-25-15-5-3-2-4-14(15)19(22,23)24/h2-9,25H,10H2,1H3,(H,26,29). The van der Waals surface area contributed by atoms with Gasteiger partial charge in [-0.1, -0.05) is 35.9 Å². The molecule has 0 bridgehead atoms. The van der Waals surface area contributed by atoms with Crippen LogP contribution in [-0.2, 0) is 12.7 Å². The van der Waals surface area contributed by atoms with Crippen LogP contribution in [0.3, 0.4) is 0 Å². The van der Waals surface area contributed by atoms with E-state index in [1.165, 1.54) is 35.0 Å². The summed E-state index contributed by atoms with van der Waals surface area (Å²) in [7, 11) is 0. The molecule has 2 aromatic carbocycles. The van der Waals surface area contributed by atoms with Crippen molar-refractivity contribution in [3.63, 3.8) is 0 Å². The molecule has 0 spiro atoms. The smallest absolute Gasteiger partial charge is 0.298 e. The van der Waals surface area contributed by atoms with Gasteiger partial charge in [0.05, 0.1) is 23.5 Å². The number of anilines is 1. The first-order chi connectivity index (χ1) is 13.7. The van der Waals surface area contributed by atoms with Crippen LogP contribution in [0.2, 0.25) is 5.15 Å². The van der Waals surface area contributed by atoms with Gasteiger partial charge in [0.2, 0.25) is 0 Å². The maximum atomic E-state index is 13.0. The molecule has 3 aromatic rings. The fourth-order valence-electron chi connectivity index (χ4n) is 2.70. The Kier molecular flexibility index (Phi) is 5.78. The first kappa shape index (κ1) is 20.7. The summed E-state index contributed by atoms with van der Waals surface area (Å²) in [6.07, 6.45) is -4.58. The fourth-order valence-corrected chi connectivity index (χ4v) is 3.02. The van der Waals surface area contributed by atoms with Crippen molar-refractivity contribution in [2.75, 3.05) is 5.43 Å². The lowest BCUT2D eigenvalue weighted by molar-refractivity contribution is -0.137. The van der Waals surface area contributed by atoms with E-state index in [0.717, 1.165) is 6.07 Å². The van der Waals surface area contributed by atoms with Gasteiger partial charge in [0.15, 0.2) is 0 Å². The van der Waals surface area contributed by atoms with E-state index in [1.807, 2.05) is 0 Å². The molecule has 0 aliphatic heterocycles. The maximum Gasteiger partial charge on any atom is 0.418 e. The number of aryl methyl sites for hydroxylation is 1. The van der Waals surface area contributed by atoms with Crippen LogP contribution in [-0.4, -0.2) is 15.7 Å². The summed E-state index contributed by atoms with van der Waals surface area (Å²) in [6.45, 7) is 1.74. The zero-order valence-corrected chi connectivity index (χ0v) is 15.8. The van der Waals surface area contributed by atoms with Crippen molar-refractivity contribution in [1.82, 2.24) is 15.2 Å². The molecule has 152 valence electrons. The van der Waals surface area contributed by atoms with Gasteiger partial charge >= 0.3 is 6.18 Å². The highest BCUT2D eigenvalue weighted by Crippen LogP contribution is 2.34. The monoisotopic (exact) mass is 426 g/mol. The highest BCUT2D eigenvalue weighted by Gasteiger charge is 2.33. The average Bonchev–Trinajstić information content (AvgIpc) is 2.94. The van der Waals surface area contributed by atoms with E-state index in [1.54, 1.807) is 19.1 Å².